The monoisotopic (exact) mass is 644 g/mol. The van der Waals surface area contributed by atoms with Crippen LogP contribution in [0.3, 0.4) is 0 Å². The zero-order valence-corrected chi connectivity index (χ0v) is 27.3. The van der Waals surface area contributed by atoms with Gasteiger partial charge in [0.1, 0.15) is 0 Å². The Labute approximate surface area is 277 Å². The largest absolute Gasteiger partial charge is 0.397 e. The lowest BCUT2D eigenvalue weighted by Crippen LogP contribution is -2.51. The van der Waals surface area contributed by atoms with Gasteiger partial charge in [0.2, 0.25) is 11.8 Å². The number of halogens is 1. The number of benzene rings is 2. The van der Waals surface area contributed by atoms with Crippen LogP contribution in [0.5, 0.6) is 0 Å². The third-order valence-corrected chi connectivity index (χ3v) is 10.7. The van der Waals surface area contributed by atoms with Crippen LogP contribution >= 0.6 is 11.6 Å². The molecule has 3 fully saturated rings. The van der Waals surface area contributed by atoms with Crippen molar-refractivity contribution < 1.29 is 14.4 Å². The Hall–Kier alpha value is -3.74. The van der Waals surface area contributed by atoms with Gasteiger partial charge in [-0.25, -0.2) is 4.79 Å². The summed E-state index contributed by atoms with van der Waals surface area (Å²) in [5.41, 5.74) is 9.73. The standard InChI is InChI=1S/C36H45ClN6O3/c1-2-26-21-25(23-31(37)34(26)38)22-28(35(45)42-18-10-29(11-19-42)40-14-5-6-15-40)24-33(44)41-16-12-30(13-17-41)43-20-9-27-7-3-4-8-32(27)39-36(43)46/h1,3-4,7-8,21,23,28-30H,5-6,9-20,22,24,38H2,(H,39,46)/t28-/m0/s1. The number of nitrogens with one attached hydrogen (secondary N) is 1. The molecule has 0 radical (unpaired) electrons. The van der Waals surface area contributed by atoms with Crippen LogP contribution in [0.1, 0.15) is 61.6 Å². The number of nitrogens with zero attached hydrogens (tertiary/aromatic N) is 4. The highest BCUT2D eigenvalue weighted by Gasteiger charge is 2.35. The Bertz CT molecular complexity index is 1490. The predicted octanol–water partition coefficient (Wildman–Crippen LogP) is 4.62. The average molecular weight is 645 g/mol. The maximum atomic E-state index is 14.1. The van der Waals surface area contributed by atoms with Crippen molar-refractivity contribution in [2.24, 2.45) is 5.92 Å². The molecule has 3 N–H and O–H groups in total. The van der Waals surface area contributed by atoms with Crippen molar-refractivity contribution in [1.82, 2.24) is 19.6 Å². The van der Waals surface area contributed by atoms with Crippen molar-refractivity contribution in [3.63, 3.8) is 0 Å². The second-order valence-corrected chi connectivity index (χ2v) is 13.6. The van der Waals surface area contributed by atoms with Crippen LogP contribution in [0, 0.1) is 18.3 Å². The number of piperidine rings is 2. The van der Waals surface area contributed by atoms with Gasteiger partial charge in [0.25, 0.3) is 0 Å². The molecule has 46 heavy (non-hydrogen) atoms. The van der Waals surface area contributed by atoms with E-state index in [0.717, 1.165) is 49.2 Å². The molecule has 4 amide bonds. The number of hydrogen-bond acceptors (Lipinski definition) is 5. The molecule has 4 heterocycles. The fraction of sp³-hybridized carbons (Fsp3) is 0.528. The lowest BCUT2D eigenvalue weighted by Gasteiger charge is -2.39. The van der Waals surface area contributed by atoms with Crippen molar-refractivity contribution in [3.05, 3.63) is 58.1 Å². The van der Waals surface area contributed by atoms with Crippen LogP contribution in [0.4, 0.5) is 16.2 Å². The molecule has 0 bridgehead atoms. The first-order valence-corrected chi connectivity index (χ1v) is 17.2. The van der Waals surface area contributed by atoms with E-state index in [-0.39, 0.29) is 30.3 Å². The van der Waals surface area contributed by atoms with Crippen molar-refractivity contribution >= 4 is 40.8 Å². The molecule has 244 valence electrons. The van der Waals surface area contributed by atoms with Gasteiger partial charge in [0, 0.05) is 62.5 Å². The summed E-state index contributed by atoms with van der Waals surface area (Å²) in [4.78, 5) is 49.2. The molecule has 4 aliphatic heterocycles. The molecule has 6 rings (SSSR count). The van der Waals surface area contributed by atoms with E-state index in [0.29, 0.717) is 74.3 Å². The summed E-state index contributed by atoms with van der Waals surface area (Å²) in [6.07, 6.45) is 12.8. The lowest BCUT2D eigenvalue weighted by atomic mass is 9.91. The molecule has 2 aromatic carbocycles. The zero-order chi connectivity index (χ0) is 32.2. The first-order chi connectivity index (χ1) is 22.3. The van der Waals surface area contributed by atoms with Crippen LogP contribution in [0.25, 0.3) is 0 Å². The fourth-order valence-electron chi connectivity index (χ4n) is 7.76. The molecule has 0 aromatic heterocycles. The Kier molecular flexibility index (Phi) is 10.1. The molecule has 3 saturated heterocycles. The van der Waals surface area contributed by atoms with Gasteiger partial charge in [-0.1, -0.05) is 35.7 Å². The van der Waals surface area contributed by atoms with E-state index in [4.69, 9.17) is 23.8 Å². The Morgan fingerprint density at radius 1 is 0.957 bits per heavy atom. The number of hydrogen-bond donors (Lipinski definition) is 2. The second kappa shape index (κ2) is 14.4. The van der Waals surface area contributed by atoms with Gasteiger partial charge in [-0.3, -0.25) is 9.59 Å². The number of carbonyl (C=O) groups excluding carboxylic acids is 3. The SMILES string of the molecule is C#Cc1cc(C[C@@H](CC(=O)N2CCC(N3CCc4ccccc4NC3=O)CC2)C(=O)N2CCC(N3CCCC3)CC2)cc(Cl)c1N. The lowest BCUT2D eigenvalue weighted by molar-refractivity contribution is -0.143. The summed E-state index contributed by atoms with van der Waals surface area (Å²) in [5.74, 6) is 2.04. The summed E-state index contributed by atoms with van der Waals surface area (Å²) in [6.45, 7) is 5.46. The highest BCUT2D eigenvalue weighted by molar-refractivity contribution is 6.33. The number of nitrogen functional groups attached to an aromatic ring is 1. The van der Waals surface area contributed by atoms with Gasteiger partial charge in [-0.2, -0.15) is 0 Å². The molecular formula is C36H45ClN6O3. The normalized spacial score (nSPS) is 20.5. The van der Waals surface area contributed by atoms with Gasteiger partial charge in [-0.15, -0.1) is 6.42 Å². The van der Waals surface area contributed by atoms with Crippen molar-refractivity contribution in [1.29, 1.82) is 0 Å². The van der Waals surface area contributed by atoms with Crippen LogP contribution in [-0.4, -0.2) is 95.3 Å². The van der Waals surface area contributed by atoms with Crippen molar-refractivity contribution in [2.75, 3.05) is 56.9 Å². The number of terminal acetylenes is 1. The third-order valence-electron chi connectivity index (χ3n) is 10.4. The molecule has 0 unspecified atom stereocenters. The third kappa shape index (κ3) is 7.13. The van der Waals surface area contributed by atoms with E-state index < -0.39 is 5.92 Å². The quantitative estimate of drug-likeness (QED) is 0.338. The van der Waals surface area contributed by atoms with Crippen LogP contribution < -0.4 is 11.1 Å². The number of nitrogens with two attached hydrogens (primary N) is 1. The predicted molar refractivity (Wildman–Crippen MR) is 181 cm³/mol. The number of carbonyl (C=O) groups is 3. The van der Waals surface area contributed by atoms with Gasteiger partial charge >= 0.3 is 6.03 Å². The minimum atomic E-state index is -0.534. The van der Waals surface area contributed by atoms with Crippen molar-refractivity contribution in [3.8, 4) is 12.3 Å². The molecular weight excluding hydrogens is 600 g/mol. The summed E-state index contributed by atoms with van der Waals surface area (Å²) >= 11 is 6.41. The number of fused-ring (bicyclic) bond motifs is 1. The molecule has 10 heteroatoms. The Morgan fingerprint density at radius 2 is 1.63 bits per heavy atom. The molecule has 0 spiro atoms. The highest BCUT2D eigenvalue weighted by atomic mass is 35.5. The summed E-state index contributed by atoms with van der Waals surface area (Å²) in [6, 6.07) is 12.0. The molecule has 1 atom stereocenters. The van der Waals surface area contributed by atoms with Crippen molar-refractivity contribution in [2.45, 2.75) is 69.9 Å². The average Bonchev–Trinajstić information content (AvgIpc) is 3.56. The molecule has 0 saturated carbocycles. The number of urea groups is 1. The van der Waals surface area contributed by atoms with E-state index in [1.807, 2.05) is 39.0 Å². The van der Waals surface area contributed by atoms with E-state index in [2.05, 4.69) is 22.2 Å². The van der Waals surface area contributed by atoms with Crippen LogP contribution in [-0.2, 0) is 22.4 Å². The fourth-order valence-corrected chi connectivity index (χ4v) is 8.01. The molecule has 2 aromatic rings. The van der Waals surface area contributed by atoms with Crippen LogP contribution in [0.15, 0.2) is 36.4 Å². The molecule has 4 aliphatic rings. The Morgan fingerprint density at radius 3 is 2.35 bits per heavy atom. The number of likely N-dealkylation sites (tertiary alicyclic amines) is 3. The highest BCUT2D eigenvalue weighted by Crippen LogP contribution is 2.30. The summed E-state index contributed by atoms with van der Waals surface area (Å²) in [5, 5.41) is 3.42. The molecule has 9 nitrogen and oxygen atoms in total. The second-order valence-electron chi connectivity index (χ2n) is 13.2. The zero-order valence-electron chi connectivity index (χ0n) is 26.6. The first kappa shape index (κ1) is 32.2. The number of amides is 4. The summed E-state index contributed by atoms with van der Waals surface area (Å²) in [7, 11) is 0. The van der Waals surface area contributed by atoms with E-state index in [1.54, 1.807) is 6.07 Å². The van der Waals surface area contributed by atoms with Crippen LogP contribution in [0.2, 0.25) is 5.02 Å². The smallest absolute Gasteiger partial charge is 0.322 e. The minimum absolute atomic E-state index is 0.0131. The van der Waals surface area contributed by atoms with E-state index in [1.165, 1.54) is 12.8 Å². The van der Waals surface area contributed by atoms with Gasteiger partial charge in [0.05, 0.1) is 16.6 Å². The van der Waals surface area contributed by atoms with E-state index in [9.17, 15) is 14.4 Å². The van der Waals surface area contributed by atoms with Gasteiger partial charge in [-0.05, 0) is 93.8 Å². The first-order valence-electron chi connectivity index (χ1n) is 16.8. The summed E-state index contributed by atoms with van der Waals surface area (Å²) < 4.78 is 0. The maximum Gasteiger partial charge on any atom is 0.322 e. The van der Waals surface area contributed by atoms with Gasteiger partial charge < -0.3 is 30.7 Å². The molecule has 0 aliphatic carbocycles. The Balaban J connectivity index is 1.10. The maximum absolute atomic E-state index is 14.1. The minimum Gasteiger partial charge on any atom is -0.397 e. The van der Waals surface area contributed by atoms with Gasteiger partial charge in [0.15, 0.2) is 0 Å². The van der Waals surface area contributed by atoms with E-state index >= 15 is 0 Å². The number of para-hydroxylation sites is 1. The topological polar surface area (TPSA) is 102 Å². The number of anilines is 2. The number of rotatable bonds is 7.